The van der Waals surface area contributed by atoms with E-state index in [1.807, 2.05) is 32.1 Å². The van der Waals surface area contributed by atoms with Gasteiger partial charge in [0.2, 0.25) is 5.95 Å². The molecule has 0 unspecified atom stereocenters. The van der Waals surface area contributed by atoms with Gasteiger partial charge in [-0.05, 0) is 70.3 Å². The lowest BCUT2D eigenvalue weighted by atomic mass is 10.1. The molecule has 0 aliphatic carbocycles. The van der Waals surface area contributed by atoms with Crippen LogP contribution in [0.3, 0.4) is 0 Å². The molecular formula is C24H34N4O2. The molecule has 1 aliphatic rings. The Hall–Kier alpha value is -2.60. The van der Waals surface area contributed by atoms with Crippen molar-refractivity contribution >= 4 is 5.95 Å². The lowest BCUT2D eigenvalue weighted by molar-refractivity contribution is 0.220. The van der Waals surface area contributed by atoms with Crippen molar-refractivity contribution in [2.24, 2.45) is 0 Å². The molecule has 0 atom stereocenters. The number of aromatic nitrogens is 2. The molecule has 1 aromatic heterocycles. The molecule has 6 nitrogen and oxygen atoms in total. The highest BCUT2D eigenvalue weighted by Gasteiger charge is 2.11. The molecule has 2 heterocycles. The van der Waals surface area contributed by atoms with Gasteiger partial charge in [0.15, 0.2) is 0 Å². The first-order valence-electron chi connectivity index (χ1n) is 11.0. The number of H-pyrrole nitrogens is 1. The summed E-state index contributed by atoms with van der Waals surface area (Å²) >= 11 is 0. The normalized spacial score (nSPS) is 14.9. The van der Waals surface area contributed by atoms with Crippen molar-refractivity contribution in [1.29, 1.82) is 0 Å². The minimum Gasteiger partial charge on any atom is -0.494 e. The highest BCUT2D eigenvalue weighted by molar-refractivity contribution is 5.30. The number of likely N-dealkylation sites (tertiary alicyclic amines) is 1. The summed E-state index contributed by atoms with van der Waals surface area (Å²) in [4.78, 5) is 22.0. The van der Waals surface area contributed by atoms with Gasteiger partial charge in [-0.2, -0.15) is 0 Å². The van der Waals surface area contributed by atoms with E-state index >= 15 is 0 Å². The lowest BCUT2D eigenvalue weighted by Gasteiger charge is -2.26. The molecule has 1 aromatic carbocycles. The topological polar surface area (TPSA) is 70.2 Å². The Morgan fingerprint density at radius 2 is 2.10 bits per heavy atom. The van der Waals surface area contributed by atoms with E-state index in [0.29, 0.717) is 31.1 Å². The Morgan fingerprint density at radius 3 is 2.87 bits per heavy atom. The first-order valence-corrected chi connectivity index (χ1v) is 11.0. The highest BCUT2D eigenvalue weighted by atomic mass is 16.5. The summed E-state index contributed by atoms with van der Waals surface area (Å²) in [7, 11) is 0. The van der Waals surface area contributed by atoms with E-state index in [0.717, 1.165) is 24.4 Å². The number of benzene rings is 1. The molecular weight excluding hydrogens is 376 g/mol. The van der Waals surface area contributed by atoms with Gasteiger partial charge in [0.25, 0.3) is 5.56 Å². The molecule has 2 N–H and O–H groups in total. The van der Waals surface area contributed by atoms with Crippen LogP contribution in [0.15, 0.2) is 41.2 Å². The van der Waals surface area contributed by atoms with Crippen molar-refractivity contribution < 1.29 is 4.74 Å². The fourth-order valence-corrected chi connectivity index (χ4v) is 3.75. The van der Waals surface area contributed by atoms with Gasteiger partial charge in [-0.3, -0.25) is 14.7 Å². The van der Waals surface area contributed by atoms with Gasteiger partial charge in [0, 0.05) is 18.7 Å². The average Bonchev–Trinajstić information content (AvgIpc) is 2.74. The molecule has 30 heavy (non-hydrogen) atoms. The number of rotatable bonds is 10. The summed E-state index contributed by atoms with van der Waals surface area (Å²) in [5.74, 6) is 1.44. The molecule has 0 amide bonds. The highest BCUT2D eigenvalue weighted by Crippen LogP contribution is 2.17. The summed E-state index contributed by atoms with van der Waals surface area (Å²) in [5, 5.41) is 3.19. The molecule has 2 aromatic rings. The van der Waals surface area contributed by atoms with Crippen LogP contribution >= 0.6 is 0 Å². The van der Waals surface area contributed by atoms with Crippen LogP contribution < -0.4 is 15.6 Å². The Labute approximate surface area is 179 Å². The maximum atomic E-state index is 12.2. The van der Waals surface area contributed by atoms with Crippen molar-refractivity contribution in [2.75, 3.05) is 31.6 Å². The predicted molar refractivity (Wildman–Crippen MR) is 122 cm³/mol. The number of hydrogen-bond acceptors (Lipinski definition) is 5. The molecule has 0 bridgehead atoms. The van der Waals surface area contributed by atoms with Crippen molar-refractivity contribution in [1.82, 2.24) is 14.9 Å². The fraction of sp³-hybridized carbons (Fsp3) is 0.500. The number of anilines is 1. The molecule has 1 aliphatic heterocycles. The third kappa shape index (κ3) is 6.73. The molecule has 1 saturated heterocycles. The van der Waals surface area contributed by atoms with Gasteiger partial charge >= 0.3 is 0 Å². The summed E-state index contributed by atoms with van der Waals surface area (Å²) < 4.78 is 5.93. The van der Waals surface area contributed by atoms with Gasteiger partial charge < -0.3 is 10.1 Å². The van der Waals surface area contributed by atoms with Crippen molar-refractivity contribution in [3.8, 4) is 5.75 Å². The summed E-state index contributed by atoms with van der Waals surface area (Å²) in [6.45, 7) is 8.51. The molecule has 162 valence electrons. The monoisotopic (exact) mass is 410 g/mol. The predicted octanol–water partition coefficient (Wildman–Crippen LogP) is 4.06. The van der Waals surface area contributed by atoms with E-state index in [1.54, 1.807) is 0 Å². The number of allylic oxidation sites excluding steroid dienone is 2. The Balaban J connectivity index is 1.42. The molecule has 0 spiro atoms. The fourth-order valence-electron chi connectivity index (χ4n) is 3.75. The number of piperidine rings is 1. The summed E-state index contributed by atoms with van der Waals surface area (Å²) in [5.41, 5.74) is 2.71. The summed E-state index contributed by atoms with van der Waals surface area (Å²) in [6.07, 6.45) is 9.30. The third-order valence-electron chi connectivity index (χ3n) is 5.42. The standard InChI is InChI=1S/C24H34N4O2/c1-3-4-12-22-19(2)26-24(27-23(22)29)25-13-9-16-30-21-11-8-10-20(17-21)18-28-14-6-5-7-15-28/h3-4,8,10-11,17H,5-7,9,12-16,18H2,1-2H3,(H2,25,26,27,29). The zero-order valence-corrected chi connectivity index (χ0v) is 18.2. The number of aromatic amines is 1. The van der Waals surface area contributed by atoms with E-state index in [-0.39, 0.29) is 5.56 Å². The van der Waals surface area contributed by atoms with Gasteiger partial charge in [-0.25, -0.2) is 4.98 Å². The SMILES string of the molecule is CC=CCc1c(C)nc(NCCCOc2cccc(CN3CCCCC3)c2)[nH]c1=O. The molecule has 0 radical (unpaired) electrons. The Bertz CT molecular complexity index is 885. The third-order valence-corrected chi connectivity index (χ3v) is 5.42. The van der Waals surface area contributed by atoms with Crippen LogP contribution in [-0.2, 0) is 13.0 Å². The van der Waals surface area contributed by atoms with Crippen LogP contribution in [0.25, 0.3) is 0 Å². The average molecular weight is 411 g/mol. The minimum atomic E-state index is -0.0788. The first kappa shape index (κ1) is 22.1. The largest absolute Gasteiger partial charge is 0.494 e. The van der Waals surface area contributed by atoms with E-state index in [2.05, 4.69) is 38.4 Å². The van der Waals surface area contributed by atoms with Crippen LogP contribution in [-0.4, -0.2) is 41.1 Å². The smallest absolute Gasteiger partial charge is 0.256 e. The zero-order valence-electron chi connectivity index (χ0n) is 18.2. The minimum absolute atomic E-state index is 0.0788. The van der Waals surface area contributed by atoms with Crippen molar-refractivity contribution in [3.05, 3.63) is 63.6 Å². The van der Waals surface area contributed by atoms with Gasteiger partial charge in [-0.15, -0.1) is 0 Å². The number of nitrogens with zero attached hydrogens (tertiary/aromatic N) is 2. The second-order valence-corrected chi connectivity index (χ2v) is 7.86. The summed E-state index contributed by atoms with van der Waals surface area (Å²) in [6, 6.07) is 8.40. The van der Waals surface area contributed by atoms with Crippen LogP contribution in [0.2, 0.25) is 0 Å². The molecule has 6 heteroatoms. The van der Waals surface area contributed by atoms with Crippen LogP contribution in [0.4, 0.5) is 5.95 Å². The Morgan fingerprint density at radius 1 is 1.27 bits per heavy atom. The molecule has 3 rings (SSSR count). The van der Waals surface area contributed by atoms with E-state index in [1.165, 1.54) is 37.9 Å². The van der Waals surface area contributed by atoms with E-state index in [9.17, 15) is 4.79 Å². The zero-order chi connectivity index (χ0) is 21.2. The van der Waals surface area contributed by atoms with Crippen LogP contribution in [0.5, 0.6) is 5.75 Å². The number of ether oxygens (including phenoxy) is 1. The lowest BCUT2D eigenvalue weighted by Crippen LogP contribution is -2.29. The molecule has 0 saturated carbocycles. The first-order chi connectivity index (χ1) is 14.7. The van der Waals surface area contributed by atoms with Crippen LogP contribution in [0, 0.1) is 6.92 Å². The van der Waals surface area contributed by atoms with Crippen LogP contribution in [0.1, 0.15) is 49.4 Å². The van der Waals surface area contributed by atoms with Crippen molar-refractivity contribution in [3.63, 3.8) is 0 Å². The second kappa shape index (κ2) is 11.6. The number of hydrogen-bond donors (Lipinski definition) is 2. The van der Waals surface area contributed by atoms with Crippen molar-refractivity contribution in [2.45, 2.75) is 52.5 Å². The second-order valence-electron chi connectivity index (χ2n) is 7.86. The Kier molecular flexibility index (Phi) is 8.51. The van der Waals surface area contributed by atoms with Gasteiger partial charge in [0.1, 0.15) is 5.75 Å². The van der Waals surface area contributed by atoms with E-state index < -0.39 is 0 Å². The maximum Gasteiger partial charge on any atom is 0.256 e. The van der Waals surface area contributed by atoms with E-state index in [4.69, 9.17) is 4.74 Å². The quantitative estimate of drug-likeness (QED) is 0.456. The maximum absolute atomic E-state index is 12.2. The number of nitrogens with one attached hydrogen (secondary N) is 2. The molecule has 1 fully saturated rings. The number of aryl methyl sites for hydroxylation is 1. The van der Waals surface area contributed by atoms with Gasteiger partial charge in [-0.1, -0.05) is 30.7 Å². The van der Waals surface area contributed by atoms with Gasteiger partial charge in [0.05, 0.1) is 12.3 Å².